The van der Waals surface area contributed by atoms with Gasteiger partial charge in [0.2, 0.25) is 0 Å². The van der Waals surface area contributed by atoms with Crippen molar-refractivity contribution < 1.29 is 19.4 Å². The predicted molar refractivity (Wildman–Crippen MR) is 104 cm³/mol. The van der Waals surface area contributed by atoms with Gasteiger partial charge >= 0.3 is 5.97 Å². The maximum absolute atomic E-state index is 12.4. The number of nitrogens with one attached hydrogen (secondary N) is 1. The van der Waals surface area contributed by atoms with Crippen molar-refractivity contribution in [1.82, 2.24) is 15.1 Å². The molecule has 3 rings (SSSR count). The van der Waals surface area contributed by atoms with E-state index in [1.54, 1.807) is 12.1 Å². The summed E-state index contributed by atoms with van der Waals surface area (Å²) in [6.45, 7) is 5.91. The largest absolute Gasteiger partial charge is 0.481 e. The lowest BCUT2D eigenvalue weighted by Gasteiger charge is -2.27. The number of ether oxygens (including phenoxy) is 1. The molecule has 0 aliphatic carbocycles. The molecule has 7 heteroatoms. The molecule has 1 saturated heterocycles. The van der Waals surface area contributed by atoms with Crippen LogP contribution in [-0.4, -0.2) is 46.5 Å². The number of carbonyl (C=O) groups excluding carboxylic acids is 1. The van der Waals surface area contributed by atoms with Crippen molar-refractivity contribution in [3.8, 4) is 0 Å². The molecule has 0 saturated carbocycles. The zero-order valence-electron chi connectivity index (χ0n) is 16.4. The number of nitrogens with zero attached hydrogens (tertiary/aromatic N) is 2. The third-order valence-electron chi connectivity index (χ3n) is 5.29. The first-order valence-corrected chi connectivity index (χ1v) is 9.63. The van der Waals surface area contributed by atoms with Gasteiger partial charge in [0.05, 0.1) is 18.2 Å². The Morgan fingerprint density at radius 1 is 1.25 bits per heavy atom. The van der Waals surface area contributed by atoms with Crippen molar-refractivity contribution in [2.45, 2.75) is 33.2 Å². The van der Waals surface area contributed by atoms with Crippen LogP contribution in [0.3, 0.4) is 0 Å². The van der Waals surface area contributed by atoms with Gasteiger partial charge in [0.1, 0.15) is 0 Å². The SMILES string of the molecule is Cc1cc(C)n(Cc2ccc(C(=O)NCC(C(=O)O)C3CCOCC3)cc2)n1. The highest BCUT2D eigenvalue weighted by molar-refractivity contribution is 5.94. The van der Waals surface area contributed by atoms with E-state index in [2.05, 4.69) is 10.4 Å². The summed E-state index contributed by atoms with van der Waals surface area (Å²) < 4.78 is 7.23. The van der Waals surface area contributed by atoms with Gasteiger partial charge in [-0.2, -0.15) is 5.10 Å². The molecule has 0 spiro atoms. The standard InChI is InChI=1S/C21H27N3O4/c1-14-11-15(2)24(23-14)13-16-3-5-18(6-4-16)20(25)22-12-19(21(26)27)17-7-9-28-10-8-17/h3-6,11,17,19H,7-10,12-13H2,1-2H3,(H,22,25)(H,26,27). The average Bonchev–Trinajstić information content (AvgIpc) is 3.00. The maximum atomic E-state index is 12.4. The van der Waals surface area contributed by atoms with E-state index in [1.165, 1.54) is 0 Å². The molecule has 1 aromatic heterocycles. The van der Waals surface area contributed by atoms with Gasteiger partial charge in [-0.25, -0.2) is 0 Å². The van der Waals surface area contributed by atoms with Gasteiger partial charge < -0.3 is 15.2 Å². The summed E-state index contributed by atoms with van der Waals surface area (Å²) >= 11 is 0. The van der Waals surface area contributed by atoms with Crippen LogP contribution in [0.1, 0.15) is 40.2 Å². The van der Waals surface area contributed by atoms with E-state index in [0.717, 1.165) is 17.0 Å². The van der Waals surface area contributed by atoms with Crippen molar-refractivity contribution >= 4 is 11.9 Å². The number of aromatic nitrogens is 2. The van der Waals surface area contributed by atoms with E-state index < -0.39 is 11.9 Å². The number of hydrogen-bond acceptors (Lipinski definition) is 4. The van der Waals surface area contributed by atoms with Gasteiger partial charge in [-0.3, -0.25) is 14.3 Å². The molecule has 1 aliphatic heterocycles. The number of amides is 1. The third kappa shape index (κ3) is 4.98. The maximum Gasteiger partial charge on any atom is 0.308 e. The predicted octanol–water partition coefficient (Wildman–Crippen LogP) is 2.41. The average molecular weight is 385 g/mol. The first kappa shape index (κ1) is 20.1. The van der Waals surface area contributed by atoms with Crippen LogP contribution in [-0.2, 0) is 16.1 Å². The minimum Gasteiger partial charge on any atom is -0.481 e. The lowest BCUT2D eigenvalue weighted by molar-refractivity contribution is -0.144. The second-order valence-corrected chi connectivity index (χ2v) is 7.39. The van der Waals surface area contributed by atoms with Crippen molar-refractivity contribution in [2.24, 2.45) is 11.8 Å². The van der Waals surface area contributed by atoms with E-state index >= 15 is 0 Å². The van der Waals surface area contributed by atoms with Crippen LogP contribution in [0.4, 0.5) is 0 Å². The van der Waals surface area contributed by atoms with Gasteiger partial charge in [-0.1, -0.05) is 12.1 Å². The molecule has 1 unspecified atom stereocenters. The Balaban J connectivity index is 1.57. The number of aryl methyl sites for hydroxylation is 2. The normalized spacial score (nSPS) is 15.9. The Hall–Kier alpha value is -2.67. The number of aliphatic carboxylic acids is 1. The summed E-state index contributed by atoms with van der Waals surface area (Å²) in [5.74, 6) is -1.67. The van der Waals surface area contributed by atoms with Gasteiger partial charge in [0.15, 0.2) is 0 Å². The van der Waals surface area contributed by atoms with Crippen LogP contribution >= 0.6 is 0 Å². The van der Waals surface area contributed by atoms with Crippen LogP contribution in [0.15, 0.2) is 30.3 Å². The molecule has 2 N–H and O–H groups in total. The highest BCUT2D eigenvalue weighted by Gasteiger charge is 2.30. The van der Waals surface area contributed by atoms with Crippen molar-refractivity contribution in [2.75, 3.05) is 19.8 Å². The Morgan fingerprint density at radius 2 is 1.93 bits per heavy atom. The van der Waals surface area contributed by atoms with Crippen molar-refractivity contribution in [3.05, 3.63) is 52.8 Å². The molecule has 1 aromatic carbocycles. The van der Waals surface area contributed by atoms with Gasteiger partial charge in [0.25, 0.3) is 5.91 Å². The van der Waals surface area contributed by atoms with Crippen molar-refractivity contribution in [3.63, 3.8) is 0 Å². The fraction of sp³-hybridized carbons (Fsp3) is 0.476. The van der Waals surface area contributed by atoms with E-state index in [1.807, 2.05) is 36.7 Å². The molecule has 28 heavy (non-hydrogen) atoms. The Kier molecular flexibility index (Phi) is 6.46. The third-order valence-corrected chi connectivity index (χ3v) is 5.29. The molecule has 1 amide bonds. The molecule has 7 nitrogen and oxygen atoms in total. The van der Waals surface area contributed by atoms with E-state index in [-0.39, 0.29) is 18.4 Å². The molecule has 1 fully saturated rings. The van der Waals surface area contributed by atoms with Crippen LogP contribution in [0, 0.1) is 25.7 Å². The minimum atomic E-state index is -0.868. The summed E-state index contributed by atoms with van der Waals surface area (Å²) in [6, 6.07) is 9.36. The van der Waals surface area contributed by atoms with Crippen molar-refractivity contribution in [1.29, 1.82) is 0 Å². The Bertz CT molecular complexity index is 823. The van der Waals surface area contributed by atoms with Crippen LogP contribution in [0.5, 0.6) is 0 Å². The van der Waals surface area contributed by atoms with Gasteiger partial charge in [-0.15, -0.1) is 0 Å². The first-order valence-electron chi connectivity index (χ1n) is 9.63. The molecule has 150 valence electrons. The number of carboxylic acid groups (broad SMARTS) is 1. The lowest BCUT2D eigenvalue weighted by Crippen LogP contribution is -2.39. The van der Waals surface area contributed by atoms with Crippen LogP contribution < -0.4 is 5.32 Å². The first-order chi connectivity index (χ1) is 13.4. The highest BCUT2D eigenvalue weighted by Crippen LogP contribution is 2.24. The molecule has 2 aromatic rings. The van der Waals surface area contributed by atoms with Crippen LogP contribution in [0.2, 0.25) is 0 Å². The number of hydrogen-bond donors (Lipinski definition) is 2. The molecule has 1 atom stereocenters. The molecular weight excluding hydrogens is 358 g/mol. The topological polar surface area (TPSA) is 93.5 Å². The fourth-order valence-electron chi connectivity index (χ4n) is 3.65. The minimum absolute atomic E-state index is 0.0368. The summed E-state index contributed by atoms with van der Waals surface area (Å²) in [7, 11) is 0. The molecule has 0 bridgehead atoms. The molecule has 2 heterocycles. The summed E-state index contributed by atoms with van der Waals surface area (Å²) in [5.41, 5.74) is 3.64. The zero-order chi connectivity index (χ0) is 20.1. The fourth-order valence-corrected chi connectivity index (χ4v) is 3.65. The zero-order valence-corrected chi connectivity index (χ0v) is 16.4. The van der Waals surface area contributed by atoms with Crippen LogP contribution in [0.25, 0.3) is 0 Å². The lowest BCUT2D eigenvalue weighted by atomic mass is 9.86. The monoisotopic (exact) mass is 385 g/mol. The van der Waals surface area contributed by atoms with Gasteiger partial charge in [-0.05, 0) is 56.4 Å². The number of rotatable bonds is 7. The highest BCUT2D eigenvalue weighted by atomic mass is 16.5. The second kappa shape index (κ2) is 9.01. The number of carbonyl (C=O) groups is 2. The number of benzene rings is 1. The molecule has 1 aliphatic rings. The van der Waals surface area contributed by atoms with E-state index in [0.29, 0.717) is 38.2 Å². The Morgan fingerprint density at radius 3 is 2.50 bits per heavy atom. The quantitative estimate of drug-likeness (QED) is 0.763. The van der Waals surface area contributed by atoms with E-state index in [4.69, 9.17) is 4.74 Å². The Labute approximate surface area is 164 Å². The molecule has 0 radical (unpaired) electrons. The summed E-state index contributed by atoms with van der Waals surface area (Å²) in [5, 5.41) is 16.7. The number of carboxylic acids is 1. The second-order valence-electron chi connectivity index (χ2n) is 7.39. The van der Waals surface area contributed by atoms with Gasteiger partial charge in [0, 0.05) is 31.0 Å². The summed E-state index contributed by atoms with van der Waals surface area (Å²) in [6.07, 6.45) is 1.43. The summed E-state index contributed by atoms with van der Waals surface area (Å²) in [4.78, 5) is 24.0. The molecular formula is C21H27N3O4. The van der Waals surface area contributed by atoms with E-state index in [9.17, 15) is 14.7 Å². The smallest absolute Gasteiger partial charge is 0.308 e.